The molecule has 142 valence electrons. The summed E-state index contributed by atoms with van der Waals surface area (Å²) in [6, 6.07) is 6.91. The fraction of sp³-hybridized carbons (Fsp3) is 0.0667. The van der Waals surface area contributed by atoms with Crippen molar-refractivity contribution >= 4 is 47.7 Å². The van der Waals surface area contributed by atoms with Crippen LogP contribution in [0.25, 0.3) is 0 Å². The molecule has 0 saturated heterocycles. The molecule has 27 heavy (non-hydrogen) atoms. The van der Waals surface area contributed by atoms with Crippen molar-refractivity contribution in [2.45, 2.75) is 16.1 Å². The van der Waals surface area contributed by atoms with Crippen molar-refractivity contribution in [3.05, 3.63) is 47.5 Å². The van der Waals surface area contributed by atoms with Gasteiger partial charge in [0.1, 0.15) is 23.3 Å². The lowest BCUT2D eigenvalue weighted by molar-refractivity contribution is 0.502. The van der Waals surface area contributed by atoms with Gasteiger partial charge in [-0.3, -0.25) is 0 Å². The summed E-state index contributed by atoms with van der Waals surface area (Å²) in [5, 5.41) is 0.628. The van der Waals surface area contributed by atoms with Gasteiger partial charge in [0.05, 0.1) is 0 Å². The summed E-state index contributed by atoms with van der Waals surface area (Å²) in [6.45, 7) is 0. The van der Waals surface area contributed by atoms with Crippen molar-refractivity contribution in [3.8, 4) is 0 Å². The highest BCUT2D eigenvalue weighted by molar-refractivity contribution is 7.98. The van der Waals surface area contributed by atoms with E-state index in [2.05, 4.69) is 32.6 Å². The topological polar surface area (TPSA) is 156 Å². The number of thioether (sulfide) groups is 1. The second-order valence-corrected chi connectivity index (χ2v) is 6.36. The molecule has 3 aromatic rings. The quantitative estimate of drug-likeness (QED) is 0.248. The number of anilines is 4. The predicted molar refractivity (Wildman–Crippen MR) is 105 cm³/mol. The Kier molecular flexibility index (Phi) is 6.96. The van der Waals surface area contributed by atoms with Crippen molar-refractivity contribution in [2.75, 3.05) is 22.9 Å². The largest absolute Gasteiger partial charge is 0.383 e. The fourth-order valence-electron chi connectivity index (χ4n) is 1.80. The summed E-state index contributed by atoms with van der Waals surface area (Å²) >= 11 is 4.98. The zero-order valence-corrected chi connectivity index (χ0v) is 15.5. The maximum atomic E-state index is 13.4. The van der Waals surface area contributed by atoms with E-state index in [0.717, 1.165) is 17.8 Å². The van der Waals surface area contributed by atoms with Crippen molar-refractivity contribution in [2.24, 2.45) is 0 Å². The molecule has 2 heterocycles. The molecule has 2 aromatic heterocycles. The fourth-order valence-corrected chi connectivity index (χ4v) is 2.88. The van der Waals surface area contributed by atoms with Gasteiger partial charge in [-0.2, -0.15) is 0 Å². The average Bonchev–Trinajstić information content (AvgIpc) is 2.54. The molecule has 0 aliphatic rings. The molecule has 8 nitrogen and oxygen atoms in total. The number of nitrogen functional groups attached to an aromatic ring is 4. The van der Waals surface area contributed by atoms with Gasteiger partial charge in [0.2, 0.25) is 0 Å². The van der Waals surface area contributed by atoms with Crippen LogP contribution < -0.4 is 22.9 Å². The Morgan fingerprint density at radius 3 is 1.89 bits per heavy atom. The Hall–Kier alpha value is -2.86. The maximum Gasteiger partial charge on any atom is 0.191 e. The third kappa shape index (κ3) is 6.42. The van der Waals surface area contributed by atoms with E-state index in [1.165, 1.54) is 24.3 Å². The molecule has 0 amide bonds. The van der Waals surface area contributed by atoms with E-state index in [0.29, 0.717) is 21.9 Å². The van der Waals surface area contributed by atoms with E-state index in [-0.39, 0.29) is 23.0 Å². The summed E-state index contributed by atoms with van der Waals surface area (Å²) in [5.74, 6) is -0.371. The van der Waals surface area contributed by atoms with Crippen LogP contribution >= 0.6 is 24.4 Å². The first-order valence-electron chi connectivity index (χ1n) is 7.29. The predicted octanol–water partition coefficient (Wildman–Crippen LogP) is 2.14. The summed E-state index contributed by atoms with van der Waals surface area (Å²) in [4.78, 5) is 15.2. The number of halogens is 2. The van der Waals surface area contributed by atoms with Crippen LogP contribution in [0.1, 0.15) is 5.56 Å². The summed E-state index contributed by atoms with van der Waals surface area (Å²) < 4.78 is 26.4. The van der Waals surface area contributed by atoms with Gasteiger partial charge >= 0.3 is 0 Å². The Morgan fingerprint density at radius 1 is 0.852 bits per heavy atom. The van der Waals surface area contributed by atoms with Gasteiger partial charge in [-0.1, -0.05) is 23.9 Å². The van der Waals surface area contributed by atoms with Crippen molar-refractivity contribution in [1.29, 1.82) is 0 Å². The highest BCUT2D eigenvalue weighted by Gasteiger charge is 2.09. The van der Waals surface area contributed by atoms with Crippen LogP contribution in [0.3, 0.4) is 0 Å². The lowest BCUT2D eigenvalue weighted by Crippen LogP contribution is -2.00. The molecule has 0 aliphatic carbocycles. The minimum atomic E-state index is -0.874. The van der Waals surface area contributed by atoms with E-state index < -0.39 is 11.6 Å². The van der Waals surface area contributed by atoms with Crippen LogP contribution in [-0.2, 0) is 5.75 Å². The van der Waals surface area contributed by atoms with Gasteiger partial charge in [0.15, 0.2) is 21.9 Å². The summed E-state index contributed by atoms with van der Waals surface area (Å²) in [6.07, 6.45) is 0. The minimum Gasteiger partial charge on any atom is -0.383 e. The molecule has 0 saturated carbocycles. The Bertz CT molecular complexity index is 871. The van der Waals surface area contributed by atoms with Gasteiger partial charge in [-0.25, -0.2) is 28.7 Å². The monoisotopic (exact) mass is 410 g/mol. The van der Waals surface area contributed by atoms with Gasteiger partial charge in [-0.15, -0.1) is 12.6 Å². The number of nitrogens with zero attached hydrogens (tertiary/aromatic N) is 4. The van der Waals surface area contributed by atoms with Crippen LogP contribution in [0.15, 0.2) is 40.6 Å². The summed E-state index contributed by atoms with van der Waals surface area (Å²) in [5.41, 5.74) is 21.8. The van der Waals surface area contributed by atoms with Crippen molar-refractivity contribution in [3.63, 3.8) is 0 Å². The smallest absolute Gasteiger partial charge is 0.191 e. The van der Waals surface area contributed by atoms with Gasteiger partial charge in [0.25, 0.3) is 0 Å². The molecule has 0 unspecified atom stereocenters. The molecule has 8 N–H and O–H groups in total. The molecule has 0 aliphatic heterocycles. The van der Waals surface area contributed by atoms with Gasteiger partial charge in [0, 0.05) is 23.4 Å². The maximum absolute atomic E-state index is 13.4. The summed E-state index contributed by atoms with van der Waals surface area (Å²) in [7, 11) is 0. The number of benzene rings is 1. The van der Waals surface area contributed by atoms with E-state index in [1.807, 2.05) is 0 Å². The van der Waals surface area contributed by atoms with Crippen molar-refractivity contribution in [1.82, 2.24) is 19.9 Å². The molecule has 0 spiro atoms. The zero-order valence-electron chi connectivity index (χ0n) is 13.8. The first-order valence-corrected chi connectivity index (χ1v) is 8.72. The highest BCUT2D eigenvalue weighted by atomic mass is 32.2. The molecule has 1 aromatic carbocycles. The van der Waals surface area contributed by atoms with E-state index >= 15 is 0 Å². The van der Waals surface area contributed by atoms with Gasteiger partial charge < -0.3 is 22.9 Å². The number of rotatable bonds is 3. The normalized spacial score (nSPS) is 10.2. The zero-order chi connectivity index (χ0) is 20.0. The van der Waals surface area contributed by atoms with E-state index in [4.69, 9.17) is 22.9 Å². The average molecular weight is 410 g/mol. The first kappa shape index (κ1) is 20.5. The van der Waals surface area contributed by atoms with Crippen LogP contribution in [0.5, 0.6) is 0 Å². The van der Waals surface area contributed by atoms with E-state index in [1.54, 1.807) is 0 Å². The second-order valence-electron chi connectivity index (χ2n) is 5.02. The standard InChI is InChI=1S/C11H10F2N4S.C4H6N4S/c12-7-3-1-2-6(10(7)13)5-18-11-16-8(14)4-9(15)17-11;5-2-1-3(6)8-4(9)7-2/h1-4H,5H2,(H4,14,15,16,17);1H,(H5,5,6,7,8,9). The number of nitrogens with two attached hydrogens (primary N) is 4. The molecule has 0 atom stereocenters. The van der Waals surface area contributed by atoms with E-state index in [9.17, 15) is 8.78 Å². The van der Waals surface area contributed by atoms with Crippen molar-refractivity contribution < 1.29 is 8.78 Å². The second kappa shape index (κ2) is 9.19. The van der Waals surface area contributed by atoms with Crippen LogP contribution in [0, 0.1) is 11.6 Å². The lowest BCUT2D eigenvalue weighted by atomic mass is 10.2. The number of thiol groups is 1. The molecule has 3 rings (SSSR count). The van der Waals surface area contributed by atoms with Crippen LogP contribution in [0.2, 0.25) is 0 Å². The molecule has 0 radical (unpaired) electrons. The number of aromatic nitrogens is 4. The first-order chi connectivity index (χ1) is 12.7. The third-order valence-corrected chi connectivity index (χ3v) is 3.98. The lowest BCUT2D eigenvalue weighted by Gasteiger charge is -2.04. The Labute approximate surface area is 163 Å². The Balaban J connectivity index is 0.000000244. The molecular weight excluding hydrogens is 394 g/mol. The number of hydrogen-bond donors (Lipinski definition) is 5. The molecular formula is C15H16F2N8S2. The van der Waals surface area contributed by atoms with Crippen LogP contribution in [-0.4, -0.2) is 19.9 Å². The molecule has 0 fully saturated rings. The number of hydrogen-bond acceptors (Lipinski definition) is 10. The SMILES string of the molecule is Nc1cc(N)nc(S)n1.Nc1cc(N)nc(SCc2cccc(F)c2F)n1. The third-order valence-electron chi connectivity index (χ3n) is 2.89. The molecule has 12 heteroatoms. The molecule has 0 bridgehead atoms. The Morgan fingerprint density at radius 2 is 1.37 bits per heavy atom. The van der Waals surface area contributed by atoms with Gasteiger partial charge in [-0.05, 0) is 6.07 Å². The van der Waals surface area contributed by atoms with Crippen LogP contribution in [0.4, 0.5) is 32.1 Å². The highest BCUT2D eigenvalue weighted by Crippen LogP contribution is 2.23. The minimum absolute atomic E-state index is 0.201.